The van der Waals surface area contributed by atoms with Crippen molar-refractivity contribution in [3.63, 3.8) is 0 Å². The molecular weight excluding hydrogens is 233 g/mol. The summed E-state index contributed by atoms with van der Waals surface area (Å²) in [6, 6.07) is 5.21. The average Bonchev–Trinajstić information content (AvgIpc) is 2.21. The molecule has 0 saturated heterocycles. The number of hydrogen-bond donors (Lipinski definition) is 2. The Balaban J connectivity index is 2.82. The zero-order chi connectivity index (χ0) is 11.4. The van der Waals surface area contributed by atoms with Gasteiger partial charge in [0, 0.05) is 11.6 Å². The van der Waals surface area contributed by atoms with Gasteiger partial charge in [-0.1, -0.05) is 42.3 Å². The average molecular weight is 248 g/mol. The number of benzene rings is 1. The minimum absolute atomic E-state index is 0.0185. The molecule has 1 aromatic rings. The molecule has 4 heteroatoms. The summed E-state index contributed by atoms with van der Waals surface area (Å²) in [5.74, 6) is 0. The Hall–Kier alpha value is -0.280. The summed E-state index contributed by atoms with van der Waals surface area (Å²) in [5, 5.41) is 10.8. The minimum atomic E-state index is -0.647. The smallest absolute Gasteiger partial charge is 0.0819 e. The van der Waals surface area contributed by atoms with Crippen molar-refractivity contribution < 1.29 is 5.11 Å². The van der Waals surface area contributed by atoms with Gasteiger partial charge in [-0.15, -0.1) is 0 Å². The van der Waals surface area contributed by atoms with Crippen LogP contribution in [0, 0.1) is 0 Å². The molecule has 0 aliphatic rings. The van der Waals surface area contributed by atoms with Crippen molar-refractivity contribution >= 4 is 23.2 Å². The Morgan fingerprint density at radius 2 is 2.07 bits per heavy atom. The molecule has 1 rings (SSSR count). The lowest BCUT2D eigenvalue weighted by Gasteiger charge is -2.16. The van der Waals surface area contributed by atoms with E-state index in [0.717, 1.165) is 6.42 Å². The number of aliphatic hydroxyl groups excluding tert-OH is 1. The molecule has 3 N–H and O–H groups in total. The van der Waals surface area contributed by atoms with E-state index in [1.165, 1.54) is 0 Å². The lowest BCUT2D eigenvalue weighted by Crippen LogP contribution is -2.21. The normalized spacial score (nSPS) is 15.0. The number of aliphatic hydroxyl groups is 1. The molecule has 0 bridgehead atoms. The van der Waals surface area contributed by atoms with E-state index in [4.69, 9.17) is 28.9 Å². The van der Waals surface area contributed by atoms with Gasteiger partial charge < -0.3 is 10.8 Å². The van der Waals surface area contributed by atoms with Crippen molar-refractivity contribution in [1.82, 2.24) is 0 Å². The molecule has 2 unspecified atom stereocenters. The second-order valence-electron chi connectivity index (χ2n) is 3.56. The molecule has 15 heavy (non-hydrogen) atoms. The van der Waals surface area contributed by atoms with Crippen LogP contribution >= 0.6 is 23.2 Å². The Bertz CT molecular complexity index is 330. The van der Waals surface area contributed by atoms with Gasteiger partial charge in [0.1, 0.15) is 0 Å². The third-order valence-electron chi connectivity index (χ3n) is 2.39. The van der Waals surface area contributed by atoms with Gasteiger partial charge in [0.05, 0.1) is 16.1 Å². The Morgan fingerprint density at radius 3 is 2.67 bits per heavy atom. The van der Waals surface area contributed by atoms with Gasteiger partial charge in [-0.3, -0.25) is 0 Å². The van der Waals surface area contributed by atoms with E-state index < -0.39 is 6.10 Å². The highest BCUT2D eigenvalue weighted by molar-refractivity contribution is 6.42. The molecule has 0 heterocycles. The molecule has 0 fully saturated rings. The molecule has 0 saturated carbocycles. The Labute approximate surface area is 100.0 Å². The quantitative estimate of drug-likeness (QED) is 0.859. The van der Waals surface area contributed by atoms with E-state index in [1.807, 2.05) is 6.92 Å². The maximum absolute atomic E-state index is 9.90. The predicted octanol–water partition coefficient (Wildman–Crippen LogP) is 3.15. The molecule has 0 aliphatic heterocycles. The first-order chi connectivity index (χ1) is 7.06. The number of rotatable bonds is 4. The van der Waals surface area contributed by atoms with Crippen molar-refractivity contribution in [3.8, 4) is 0 Å². The van der Waals surface area contributed by atoms with Crippen LogP contribution in [0.5, 0.6) is 0 Å². The summed E-state index contributed by atoms with van der Waals surface area (Å²) in [5.41, 5.74) is 6.41. The third-order valence-corrected chi connectivity index (χ3v) is 3.22. The van der Waals surface area contributed by atoms with Crippen molar-refractivity contribution in [2.45, 2.75) is 31.9 Å². The maximum atomic E-state index is 9.90. The van der Waals surface area contributed by atoms with Gasteiger partial charge in [-0.2, -0.15) is 0 Å². The van der Waals surface area contributed by atoms with Crippen molar-refractivity contribution in [2.24, 2.45) is 5.73 Å². The first-order valence-corrected chi connectivity index (χ1v) is 5.69. The monoisotopic (exact) mass is 247 g/mol. The van der Waals surface area contributed by atoms with E-state index in [-0.39, 0.29) is 6.04 Å². The topological polar surface area (TPSA) is 46.2 Å². The molecule has 0 aromatic heterocycles. The highest BCUT2D eigenvalue weighted by Gasteiger charge is 2.15. The first kappa shape index (κ1) is 12.8. The summed E-state index contributed by atoms with van der Waals surface area (Å²) in [6.45, 7) is 1.98. The SMILES string of the molecule is CCC(N)CC(O)c1cccc(Cl)c1Cl. The van der Waals surface area contributed by atoms with Crippen molar-refractivity contribution in [2.75, 3.05) is 0 Å². The minimum Gasteiger partial charge on any atom is -0.388 e. The second kappa shape index (κ2) is 5.71. The van der Waals surface area contributed by atoms with E-state index in [9.17, 15) is 5.11 Å². The number of hydrogen-bond acceptors (Lipinski definition) is 2. The van der Waals surface area contributed by atoms with E-state index in [2.05, 4.69) is 0 Å². The van der Waals surface area contributed by atoms with Gasteiger partial charge in [-0.25, -0.2) is 0 Å². The largest absolute Gasteiger partial charge is 0.388 e. The summed E-state index contributed by atoms with van der Waals surface area (Å²) in [7, 11) is 0. The summed E-state index contributed by atoms with van der Waals surface area (Å²) >= 11 is 11.8. The van der Waals surface area contributed by atoms with Crippen LogP contribution in [0.4, 0.5) is 0 Å². The van der Waals surface area contributed by atoms with Crippen LogP contribution in [0.3, 0.4) is 0 Å². The number of nitrogens with two attached hydrogens (primary N) is 1. The summed E-state index contributed by atoms with van der Waals surface area (Å²) in [6.07, 6.45) is 0.678. The fourth-order valence-corrected chi connectivity index (χ4v) is 1.79. The molecular formula is C11H15Cl2NO. The molecule has 0 spiro atoms. The standard InChI is InChI=1S/C11H15Cl2NO/c1-2-7(14)6-10(15)8-4-3-5-9(12)11(8)13/h3-5,7,10,15H,2,6,14H2,1H3. The highest BCUT2D eigenvalue weighted by Crippen LogP contribution is 2.31. The second-order valence-corrected chi connectivity index (χ2v) is 4.35. The molecule has 2 atom stereocenters. The van der Waals surface area contributed by atoms with Crippen LogP contribution in [0.2, 0.25) is 10.0 Å². The zero-order valence-corrected chi connectivity index (χ0v) is 10.1. The molecule has 0 amide bonds. The van der Waals surface area contributed by atoms with Crippen LogP contribution in [0.15, 0.2) is 18.2 Å². The number of halogens is 2. The fraction of sp³-hybridized carbons (Fsp3) is 0.455. The van der Waals surface area contributed by atoms with Crippen LogP contribution in [0.1, 0.15) is 31.4 Å². The third kappa shape index (κ3) is 3.35. The molecule has 0 radical (unpaired) electrons. The van der Waals surface area contributed by atoms with E-state index in [0.29, 0.717) is 22.0 Å². The Morgan fingerprint density at radius 1 is 1.40 bits per heavy atom. The lowest BCUT2D eigenvalue weighted by molar-refractivity contribution is 0.157. The van der Waals surface area contributed by atoms with Crippen LogP contribution < -0.4 is 5.73 Å². The Kier molecular flexibility index (Phi) is 4.87. The molecule has 1 aromatic carbocycles. The maximum Gasteiger partial charge on any atom is 0.0819 e. The van der Waals surface area contributed by atoms with Gasteiger partial charge in [-0.05, 0) is 18.9 Å². The van der Waals surface area contributed by atoms with Gasteiger partial charge in [0.2, 0.25) is 0 Å². The van der Waals surface area contributed by atoms with Crippen molar-refractivity contribution in [3.05, 3.63) is 33.8 Å². The predicted molar refractivity (Wildman–Crippen MR) is 64.3 cm³/mol. The summed E-state index contributed by atoms with van der Waals surface area (Å²) in [4.78, 5) is 0. The fourth-order valence-electron chi connectivity index (χ4n) is 1.36. The first-order valence-electron chi connectivity index (χ1n) is 4.93. The highest BCUT2D eigenvalue weighted by atomic mass is 35.5. The van der Waals surface area contributed by atoms with Gasteiger partial charge >= 0.3 is 0 Å². The molecule has 84 valence electrons. The summed E-state index contributed by atoms with van der Waals surface area (Å²) < 4.78 is 0. The van der Waals surface area contributed by atoms with E-state index >= 15 is 0 Å². The van der Waals surface area contributed by atoms with Crippen LogP contribution in [0.25, 0.3) is 0 Å². The van der Waals surface area contributed by atoms with Crippen molar-refractivity contribution in [1.29, 1.82) is 0 Å². The van der Waals surface area contributed by atoms with Crippen LogP contribution in [-0.2, 0) is 0 Å². The lowest BCUT2D eigenvalue weighted by atomic mass is 10.0. The molecule has 2 nitrogen and oxygen atoms in total. The molecule has 0 aliphatic carbocycles. The van der Waals surface area contributed by atoms with E-state index in [1.54, 1.807) is 18.2 Å². The van der Waals surface area contributed by atoms with Gasteiger partial charge in [0.15, 0.2) is 0 Å². The van der Waals surface area contributed by atoms with Crippen LogP contribution in [-0.4, -0.2) is 11.1 Å². The van der Waals surface area contributed by atoms with Gasteiger partial charge in [0.25, 0.3) is 0 Å². The zero-order valence-electron chi connectivity index (χ0n) is 8.58.